The van der Waals surface area contributed by atoms with Gasteiger partial charge in [-0.1, -0.05) is 6.92 Å². The number of carbonyl (C=O) groups is 2. The molecule has 146 valence electrons. The summed E-state index contributed by atoms with van der Waals surface area (Å²) in [5.41, 5.74) is 0.0416. The van der Waals surface area contributed by atoms with Crippen LogP contribution in [0, 0.1) is 23.7 Å². The molecule has 0 aromatic carbocycles. The Balaban J connectivity index is 1.16. The van der Waals surface area contributed by atoms with Gasteiger partial charge in [-0.05, 0) is 87.9 Å². The molecule has 5 saturated carbocycles. The van der Waals surface area contributed by atoms with Gasteiger partial charge in [-0.3, -0.25) is 4.79 Å². The van der Waals surface area contributed by atoms with Gasteiger partial charge in [-0.2, -0.15) is 0 Å². The zero-order chi connectivity index (χ0) is 18.1. The molecule has 0 heterocycles. The van der Waals surface area contributed by atoms with E-state index in [-0.39, 0.29) is 17.5 Å². The van der Waals surface area contributed by atoms with Crippen LogP contribution in [-0.2, 0) is 4.79 Å². The second kappa shape index (κ2) is 7.40. The minimum Gasteiger partial charge on any atom is -0.353 e. The first kappa shape index (κ1) is 18.1. The maximum Gasteiger partial charge on any atom is 0.315 e. The topological polar surface area (TPSA) is 70.2 Å². The fourth-order valence-corrected chi connectivity index (χ4v) is 6.54. The highest BCUT2D eigenvalue weighted by molar-refractivity contribution is 5.78. The van der Waals surface area contributed by atoms with Crippen molar-refractivity contribution in [2.75, 3.05) is 6.54 Å². The Bertz CT molecular complexity index is 504. The molecule has 5 rings (SSSR count). The lowest BCUT2D eigenvalue weighted by molar-refractivity contribution is -0.121. The van der Waals surface area contributed by atoms with Crippen LogP contribution in [0.4, 0.5) is 4.79 Å². The van der Waals surface area contributed by atoms with Gasteiger partial charge in [0.15, 0.2) is 0 Å². The number of amides is 3. The van der Waals surface area contributed by atoms with E-state index >= 15 is 0 Å². The smallest absolute Gasteiger partial charge is 0.315 e. The van der Waals surface area contributed by atoms with Crippen molar-refractivity contribution in [3.63, 3.8) is 0 Å². The van der Waals surface area contributed by atoms with Crippen LogP contribution in [0.15, 0.2) is 0 Å². The van der Waals surface area contributed by atoms with E-state index in [1.165, 1.54) is 32.1 Å². The van der Waals surface area contributed by atoms with Crippen molar-refractivity contribution < 1.29 is 9.59 Å². The van der Waals surface area contributed by atoms with Gasteiger partial charge < -0.3 is 16.0 Å². The first-order valence-corrected chi connectivity index (χ1v) is 10.8. The van der Waals surface area contributed by atoms with Crippen LogP contribution in [0.3, 0.4) is 0 Å². The second-order valence-electron chi connectivity index (χ2n) is 9.85. The van der Waals surface area contributed by atoms with Crippen molar-refractivity contribution >= 4 is 11.9 Å². The van der Waals surface area contributed by atoms with Crippen molar-refractivity contribution in [2.45, 2.75) is 89.1 Å². The number of hydrogen-bond acceptors (Lipinski definition) is 2. The monoisotopic (exact) mass is 361 g/mol. The lowest BCUT2D eigenvalue weighted by Gasteiger charge is -2.56. The first-order valence-electron chi connectivity index (χ1n) is 10.8. The summed E-state index contributed by atoms with van der Waals surface area (Å²) in [6, 6.07) is 0.255. The van der Waals surface area contributed by atoms with Crippen molar-refractivity contribution in [1.29, 1.82) is 0 Å². The molecule has 0 spiro atoms. The molecule has 0 aromatic rings. The Hall–Kier alpha value is -1.26. The first-order chi connectivity index (χ1) is 12.5. The molecule has 3 amide bonds. The largest absolute Gasteiger partial charge is 0.353 e. The molecule has 5 aliphatic rings. The van der Waals surface area contributed by atoms with E-state index in [0.717, 1.165) is 55.8 Å². The van der Waals surface area contributed by atoms with Gasteiger partial charge in [0.2, 0.25) is 5.91 Å². The Morgan fingerprint density at radius 3 is 2.08 bits per heavy atom. The summed E-state index contributed by atoms with van der Waals surface area (Å²) in [6.45, 7) is 2.71. The number of urea groups is 1. The van der Waals surface area contributed by atoms with E-state index in [1.54, 1.807) is 0 Å². The summed E-state index contributed by atoms with van der Waals surface area (Å²) in [5, 5.41) is 9.35. The lowest BCUT2D eigenvalue weighted by Crippen LogP contribution is -2.61. The fourth-order valence-electron chi connectivity index (χ4n) is 6.54. The molecule has 5 fully saturated rings. The average molecular weight is 362 g/mol. The molecule has 26 heavy (non-hydrogen) atoms. The van der Waals surface area contributed by atoms with Crippen molar-refractivity contribution in [3.05, 3.63) is 0 Å². The molecule has 5 heteroatoms. The SMILES string of the molecule is CC1CCC(NC(=O)CCNC(=O)NC23CC4CC(CC(C4)C2)C3)CC1. The Morgan fingerprint density at radius 1 is 0.923 bits per heavy atom. The van der Waals surface area contributed by atoms with Crippen LogP contribution in [0.1, 0.15) is 77.6 Å². The van der Waals surface area contributed by atoms with Crippen LogP contribution in [-0.4, -0.2) is 30.1 Å². The van der Waals surface area contributed by atoms with Gasteiger partial charge >= 0.3 is 6.03 Å². The van der Waals surface area contributed by atoms with E-state index in [1.807, 2.05) is 0 Å². The highest BCUT2D eigenvalue weighted by Gasteiger charge is 2.51. The molecule has 0 unspecified atom stereocenters. The molecular weight excluding hydrogens is 326 g/mol. The van der Waals surface area contributed by atoms with E-state index in [0.29, 0.717) is 19.0 Å². The van der Waals surface area contributed by atoms with Crippen LogP contribution < -0.4 is 16.0 Å². The third kappa shape index (κ3) is 4.17. The van der Waals surface area contributed by atoms with Gasteiger partial charge in [0.05, 0.1) is 0 Å². The van der Waals surface area contributed by atoms with E-state index in [4.69, 9.17) is 0 Å². The van der Waals surface area contributed by atoms with Crippen molar-refractivity contribution in [1.82, 2.24) is 16.0 Å². The van der Waals surface area contributed by atoms with Gasteiger partial charge in [0.1, 0.15) is 0 Å². The predicted molar refractivity (Wildman–Crippen MR) is 102 cm³/mol. The summed E-state index contributed by atoms with van der Waals surface area (Å²) in [6.07, 6.45) is 12.6. The van der Waals surface area contributed by atoms with E-state index in [9.17, 15) is 9.59 Å². The molecule has 3 N–H and O–H groups in total. The third-order valence-corrected chi connectivity index (χ3v) is 7.44. The van der Waals surface area contributed by atoms with Crippen molar-refractivity contribution in [2.24, 2.45) is 23.7 Å². The zero-order valence-electron chi connectivity index (χ0n) is 16.2. The average Bonchev–Trinajstić information content (AvgIpc) is 2.55. The highest BCUT2D eigenvalue weighted by Crippen LogP contribution is 2.55. The normalized spacial score (nSPS) is 40.9. The van der Waals surface area contributed by atoms with Crippen LogP contribution >= 0.6 is 0 Å². The van der Waals surface area contributed by atoms with Crippen LogP contribution in [0.2, 0.25) is 0 Å². The molecule has 5 aliphatic carbocycles. The van der Waals surface area contributed by atoms with Gasteiger partial charge in [0, 0.05) is 24.5 Å². The molecule has 0 aromatic heterocycles. The number of rotatable bonds is 5. The molecule has 0 aliphatic heterocycles. The van der Waals surface area contributed by atoms with Crippen LogP contribution in [0.5, 0.6) is 0 Å². The Morgan fingerprint density at radius 2 is 1.50 bits per heavy atom. The summed E-state index contributed by atoms with van der Waals surface area (Å²) in [4.78, 5) is 24.5. The predicted octanol–water partition coefficient (Wildman–Crippen LogP) is 3.34. The standard InChI is InChI=1S/C21H35N3O2/c1-14-2-4-18(5-3-14)23-19(25)6-7-22-20(26)24-21-11-15-8-16(12-21)10-17(9-15)13-21/h14-18H,2-13H2,1H3,(H,23,25)(H2,22,24,26). The second-order valence-corrected chi connectivity index (χ2v) is 9.85. The number of hydrogen-bond donors (Lipinski definition) is 3. The highest BCUT2D eigenvalue weighted by atomic mass is 16.2. The quantitative estimate of drug-likeness (QED) is 0.703. The molecule has 5 nitrogen and oxygen atoms in total. The fraction of sp³-hybridized carbons (Fsp3) is 0.905. The summed E-state index contributed by atoms with van der Waals surface area (Å²) in [7, 11) is 0. The summed E-state index contributed by atoms with van der Waals surface area (Å²) >= 11 is 0. The number of nitrogens with one attached hydrogen (secondary N) is 3. The molecular formula is C21H35N3O2. The van der Waals surface area contributed by atoms with Crippen molar-refractivity contribution in [3.8, 4) is 0 Å². The maximum absolute atomic E-state index is 12.4. The van der Waals surface area contributed by atoms with Gasteiger partial charge in [0.25, 0.3) is 0 Å². The van der Waals surface area contributed by atoms with Gasteiger partial charge in [-0.15, -0.1) is 0 Å². The maximum atomic E-state index is 12.4. The molecule has 0 atom stereocenters. The molecule has 0 radical (unpaired) electrons. The summed E-state index contributed by atoms with van der Waals surface area (Å²) < 4.78 is 0. The number of carbonyl (C=O) groups excluding carboxylic acids is 2. The Kier molecular flexibility index (Phi) is 5.15. The lowest BCUT2D eigenvalue weighted by atomic mass is 9.53. The Labute approximate surface area is 157 Å². The van der Waals surface area contributed by atoms with E-state index in [2.05, 4.69) is 22.9 Å². The zero-order valence-corrected chi connectivity index (χ0v) is 16.2. The molecule has 4 bridgehead atoms. The summed E-state index contributed by atoms with van der Waals surface area (Å²) in [5.74, 6) is 3.33. The minimum absolute atomic E-state index is 0.0416. The van der Waals surface area contributed by atoms with Crippen LogP contribution in [0.25, 0.3) is 0 Å². The van der Waals surface area contributed by atoms with E-state index < -0.39 is 0 Å². The third-order valence-electron chi connectivity index (χ3n) is 7.44. The minimum atomic E-state index is -0.0776. The van der Waals surface area contributed by atoms with Gasteiger partial charge in [-0.25, -0.2) is 4.79 Å². The molecule has 0 saturated heterocycles.